The zero-order valence-electron chi connectivity index (χ0n) is 17.2. The summed E-state index contributed by atoms with van der Waals surface area (Å²) < 4.78 is 37.7. The Balaban J connectivity index is 1.84. The highest BCUT2D eigenvalue weighted by molar-refractivity contribution is 7.89. The molecule has 168 valence electrons. The molecule has 2 aromatic rings. The summed E-state index contributed by atoms with van der Waals surface area (Å²) in [6.45, 7) is 5.25. The first-order valence-electron chi connectivity index (χ1n) is 9.39. The van der Waals surface area contributed by atoms with Gasteiger partial charge in [-0.1, -0.05) is 11.6 Å². The molecule has 31 heavy (non-hydrogen) atoms. The van der Waals surface area contributed by atoms with E-state index in [0.29, 0.717) is 23.1 Å². The van der Waals surface area contributed by atoms with Crippen LogP contribution in [0.2, 0.25) is 5.02 Å². The topological polar surface area (TPSA) is 123 Å². The maximum absolute atomic E-state index is 12.3. The summed E-state index contributed by atoms with van der Waals surface area (Å²) >= 11 is 5.75. The van der Waals surface area contributed by atoms with Crippen molar-refractivity contribution >= 4 is 33.4 Å². The van der Waals surface area contributed by atoms with Crippen LogP contribution >= 0.6 is 11.6 Å². The maximum atomic E-state index is 12.3. The van der Waals surface area contributed by atoms with Gasteiger partial charge in [-0.2, -0.15) is 4.72 Å². The van der Waals surface area contributed by atoms with Crippen LogP contribution in [0, 0.1) is 0 Å². The average Bonchev–Trinajstić information content (AvgIpc) is 2.73. The lowest BCUT2D eigenvalue weighted by molar-refractivity contribution is -0.133. The summed E-state index contributed by atoms with van der Waals surface area (Å²) in [5, 5.41) is 0.383. The second-order valence-corrected chi connectivity index (χ2v) is 8.59. The van der Waals surface area contributed by atoms with Crippen molar-refractivity contribution in [1.29, 1.82) is 0 Å². The van der Waals surface area contributed by atoms with Crippen LogP contribution in [0.15, 0.2) is 53.4 Å². The molecule has 0 bridgehead atoms. The van der Waals surface area contributed by atoms with Gasteiger partial charge in [0.2, 0.25) is 10.0 Å². The summed E-state index contributed by atoms with van der Waals surface area (Å²) in [5.74, 6) is -0.245. The molecule has 0 heterocycles. The number of sulfonamides is 1. The molecule has 9 nitrogen and oxygen atoms in total. The van der Waals surface area contributed by atoms with E-state index in [0.717, 1.165) is 0 Å². The number of hydrazine groups is 1. The van der Waals surface area contributed by atoms with Crippen LogP contribution in [0.4, 0.5) is 0 Å². The fourth-order valence-electron chi connectivity index (χ4n) is 2.34. The third kappa shape index (κ3) is 7.42. The van der Waals surface area contributed by atoms with Gasteiger partial charge in [0.15, 0.2) is 6.10 Å². The van der Waals surface area contributed by atoms with E-state index >= 15 is 0 Å². The fraction of sp³-hybridized carbons (Fsp3) is 0.300. The Hall–Kier alpha value is -2.82. The molecule has 0 saturated heterocycles. The van der Waals surface area contributed by atoms with Crippen molar-refractivity contribution in [2.24, 2.45) is 0 Å². The summed E-state index contributed by atoms with van der Waals surface area (Å²) in [6, 6.07) is 11.1. The van der Waals surface area contributed by atoms with Crippen molar-refractivity contribution in [2.75, 3.05) is 6.61 Å². The zero-order valence-corrected chi connectivity index (χ0v) is 18.8. The first-order valence-corrected chi connectivity index (χ1v) is 11.3. The van der Waals surface area contributed by atoms with Gasteiger partial charge in [0.25, 0.3) is 11.8 Å². The van der Waals surface area contributed by atoms with Crippen LogP contribution in [-0.2, 0) is 19.6 Å². The molecule has 2 rings (SSSR count). The number of hydrogen-bond donors (Lipinski definition) is 3. The van der Waals surface area contributed by atoms with Gasteiger partial charge >= 0.3 is 0 Å². The first-order chi connectivity index (χ1) is 14.6. The summed E-state index contributed by atoms with van der Waals surface area (Å²) in [7, 11) is -3.94. The zero-order chi connectivity index (χ0) is 23.0. The standard InChI is InChI=1S/C20H24ClN3O6S/c1-4-29-16-7-9-17(10-8-16)30-14(3)20(26)23-22-19(25)13(2)24-31(27,28)18-11-5-15(21)6-12-18/h5-14,24H,4H2,1-3H3,(H,22,25)(H,23,26)/t13-,14?/m0/s1. The van der Waals surface area contributed by atoms with E-state index < -0.39 is 34.0 Å². The number of halogens is 1. The van der Waals surface area contributed by atoms with Crippen LogP contribution in [0.1, 0.15) is 20.8 Å². The van der Waals surface area contributed by atoms with E-state index in [-0.39, 0.29) is 4.90 Å². The summed E-state index contributed by atoms with van der Waals surface area (Å²) in [4.78, 5) is 24.3. The highest BCUT2D eigenvalue weighted by Gasteiger charge is 2.23. The number of carbonyl (C=O) groups is 2. The van der Waals surface area contributed by atoms with Crippen LogP contribution in [0.25, 0.3) is 0 Å². The number of amides is 2. The molecule has 0 fully saturated rings. The van der Waals surface area contributed by atoms with Gasteiger partial charge in [0, 0.05) is 5.02 Å². The Bertz CT molecular complexity index is 997. The molecule has 0 aliphatic rings. The summed E-state index contributed by atoms with van der Waals surface area (Å²) in [6.07, 6.45) is -0.917. The van der Waals surface area contributed by atoms with Crippen molar-refractivity contribution < 1.29 is 27.5 Å². The molecule has 2 aromatic carbocycles. The fourth-order valence-corrected chi connectivity index (χ4v) is 3.67. The Labute approximate surface area is 186 Å². The molecular weight excluding hydrogens is 446 g/mol. The number of nitrogens with one attached hydrogen (secondary N) is 3. The first kappa shape index (κ1) is 24.4. The number of benzene rings is 2. The van der Waals surface area contributed by atoms with Crippen LogP contribution in [0.5, 0.6) is 11.5 Å². The molecule has 2 atom stereocenters. The normalized spacial score (nSPS) is 13.0. The molecule has 0 saturated carbocycles. The van der Waals surface area contributed by atoms with Crippen molar-refractivity contribution in [3.05, 3.63) is 53.6 Å². The minimum atomic E-state index is -3.94. The molecule has 1 unspecified atom stereocenters. The smallest absolute Gasteiger partial charge is 0.279 e. The van der Waals surface area contributed by atoms with Gasteiger partial charge in [-0.3, -0.25) is 20.4 Å². The van der Waals surface area contributed by atoms with Crippen molar-refractivity contribution in [3.63, 3.8) is 0 Å². The highest BCUT2D eigenvalue weighted by atomic mass is 35.5. The lowest BCUT2D eigenvalue weighted by Gasteiger charge is -2.18. The molecule has 11 heteroatoms. The Morgan fingerprint density at radius 3 is 2.06 bits per heavy atom. The predicted molar refractivity (Wildman–Crippen MR) is 115 cm³/mol. The maximum Gasteiger partial charge on any atom is 0.279 e. The van der Waals surface area contributed by atoms with Crippen LogP contribution in [0.3, 0.4) is 0 Å². The molecule has 3 N–H and O–H groups in total. The largest absolute Gasteiger partial charge is 0.494 e. The minimum Gasteiger partial charge on any atom is -0.494 e. The van der Waals surface area contributed by atoms with E-state index in [9.17, 15) is 18.0 Å². The third-order valence-electron chi connectivity index (χ3n) is 3.97. The minimum absolute atomic E-state index is 0.0436. The van der Waals surface area contributed by atoms with Gasteiger partial charge in [-0.15, -0.1) is 0 Å². The van der Waals surface area contributed by atoms with E-state index in [2.05, 4.69) is 15.6 Å². The third-order valence-corrected chi connectivity index (χ3v) is 5.78. The SMILES string of the molecule is CCOc1ccc(OC(C)C(=O)NNC(=O)[C@H](C)NS(=O)(=O)c2ccc(Cl)cc2)cc1. The molecule has 2 amide bonds. The second-order valence-electron chi connectivity index (χ2n) is 6.44. The van der Waals surface area contributed by atoms with Gasteiger partial charge in [0.05, 0.1) is 17.5 Å². The Kier molecular flexibility index (Phi) is 8.66. The van der Waals surface area contributed by atoms with Gasteiger partial charge in [-0.05, 0) is 69.3 Å². The van der Waals surface area contributed by atoms with Crippen molar-refractivity contribution in [3.8, 4) is 11.5 Å². The van der Waals surface area contributed by atoms with Crippen LogP contribution < -0.4 is 25.0 Å². The summed E-state index contributed by atoms with van der Waals surface area (Å²) in [5.41, 5.74) is 4.38. The van der Waals surface area contributed by atoms with E-state index in [4.69, 9.17) is 21.1 Å². The van der Waals surface area contributed by atoms with Gasteiger partial charge in [0.1, 0.15) is 11.5 Å². The second kappa shape index (κ2) is 11.0. The molecule has 0 spiro atoms. The number of ether oxygens (including phenoxy) is 2. The molecule has 0 aliphatic heterocycles. The van der Waals surface area contributed by atoms with Crippen LogP contribution in [-0.4, -0.2) is 39.0 Å². The average molecular weight is 470 g/mol. The molecule has 0 aromatic heterocycles. The predicted octanol–water partition coefficient (Wildman–Crippen LogP) is 2.02. The molecule has 0 radical (unpaired) electrons. The van der Waals surface area contributed by atoms with Gasteiger partial charge < -0.3 is 9.47 Å². The Morgan fingerprint density at radius 2 is 1.48 bits per heavy atom. The molecular formula is C20H24ClN3O6S. The number of hydrogen-bond acceptors (Lipinski definition) is 6. The van der Waals surface area contributed by atoms with E-state index in [1.54, 1.807) is 24.3 Å². The quantitative estimate of drug-likeness (QED) is 0.483. The highest BCUT2D eigenvalue weighted by Crippen LogP contribution is 2.18. The number of rotatable bonds is 9. The van der Waals surface area contributed by atoms with Crippen molar-refractivity contribution in [1.82, 2.24) is 15.6 Å². The Morgan fingerprint density at radius 1 is 0.935 bits per heavy atom. The molecule has 0 aliphatic carbocycles. The van der Waals surface area contributed by atoms with E-state index in [1.165, 1.54) is 38.1 Å². The van der Waals surface area contributed by atoms with E-state index in [1.807, 2.05) is 6.92 Å². The van der Waals surface area contributed by atoms with Gasteiger partial charge in [-0.25, -0.2) is 8.42 Å². The lowest BCUT2D eigenvalue weighted by Crippen LogP contribution is -2.53. The monoisotopic (exact) mass is 469 g/mol. The lowest BCUT2D eigenvalue weighted by atomic mass is 10.3. The van der Waals surface area contributed by atoms with Crippen molar-refractivity contribution in [2.45, 2.75) is 37.8 Å². The number of carbonyl (C=O) groups excluding carboxylic acids is 2.